The molecule has 6 heteroatoms. The van der Waals surface area contributed by atoms with Crippen LogP contribution in [0.2, 0.25) is 0 Å². The van der Waals surface area contributed by atoms with Gasteiger partial charge in [0.05, 0.1) is 13.7 Å². The van der Waals surface area contributed by atoms with Crippen molar-refractivity contribution >= 4 is 5.91 Å². The van der Waals surface area contributed by atoms with Gasteiger partial charge in [-0.15, -0.1) is 0 Å². The molecule has 0 spiro atoms. The molecule has 0 saturated carbocycles. The second-order valence-corrected chi connectivity index (χ2v) is 6.21. The second kappa shape index (κ2) is 9.71. The van der Waals surface area contributed by atoms with Crippen molar-refractivity contribution in [1.29, 1.82) is 0 Å². The Morgan fingerprint density at radius 1 is 1.07 bits per heavy atom. The lowest BCUT2D eigenvalue weighted by Crippen LogP contribution is -2.27. The van der Waals surface area contributed by atoms with Crippen molar-refractivity contribution in [1.82, 2.24) is 5.32 Å². The van der Waals surface area contributed by atoms with E-state index in [-0.39, 0.29) is 5.91 Å². The molecule has 0 aromatic heterocycles. The van der Waals surface area contributed by atoms with Crippen molar-refractivity contribution in [2.45, 2.75) is 19.3 Å². The first-order valence-electron chi connectivity index (χ1n) is 9.16. The van der Waals surface area contributed by atoms with Gasteiger partial charge in [0, 0.05) is 12.5 Å². The number of rotatable bonds is 9. The molecule has 1 heterocycles. The summed E-state index contributed by atoms with van der Waals surface area (Å²) < 4.78 is 21.8. The number of amides is 1. The van der Waals surface area contributed by atoms with E-state index in [4.69, 9.17) is 18.9 Å². The largest absolute Gasteiger partial charge is 0.497 e. The maximum Gasteiger partial charge on any atom is 0.220 e. The van der Waals surface area contributed by atoms with Gasteiger partial charge >= 0.3 is 0 Å². The standard InChI is InChI=1S/C21H25NO5/c1-24-17-5-3-6-18(15-17)25-11-10-22-21(23)7-2-4-16-8-9-19-20(14-16)27-13-12-26-19/h3,5-6,8-9,14-15H,2,4,7,10-13H2,1H3,(H,22,23). The minimum atomic E-state index is 0.0294. The van der Waals surface area contributed by atoms with E-state index in [2.05, 4.69) is 5.32 Å². The number of methoxy groups -OCH3 is 1. The third kappa shape index (κ3) is 5.81. The predicted octanol–water partition coefficient (Wildman–Crippen LogP) is 2.98. The first-order valence-corrected chi connectivity index (χ1v) is 9.16. The molecule has 2 aromatic carbocycles. The number of ether oxygens (including phenoxy) is 4. The van der Waals surface area contributed by atoms with Crippen molar-refractivity contribution in [2.75, 3.05) is 33.5 Å². The van der Waals surface area contributed by atoms with Crippen molar-refractivity contribution in [3.05, 3.63) is 48.0 Å². The SMILES string of the molecule is COc1cccc(OCCNC(=O)CCCc2ccc3c(c2)OCCO3)c1. The molecule has 0 aliphatic carbocycles. The Labute approximate surface area is 159 Å². The van der Waals surface area contributed by atoms with Gasteiger partial charge < -0.3 is 24.3 Å². The number of carbonyl (C=O) groups is 1. The van der Waals surface area contributed by atoms with Crippen molar-refractivity contribution in [3.8, 4) is 23.0 Å². The Hall–Kier alpha value is -2.89. The number of hydrogen-bond acceptors (Lipinski definition) is 5. The van der Waals surface area contributed by atoms with Gasteiger partial charge in [-0.3, -0.25) is 4.79 Å². The lowest BCUT2D eigenvalue weighted by molar-refractivity contribution is -0.121. The minimum absolute atomic E-state index is 0.0294. The lowest BCUT2D eigenvalue weighted by Gasteiger charge is -2.18. The third-order valence-corrected chi connectivity index (χ3v) is 4.21. The van der Waals surface area contributed by atoms with Gasteiger partial charge in [-0.25, -0.2) is 0 Å². The molecule has 3 rings (SSSR count). The first-order chi connectivity index (χ1) is 13.2. The van der Waals surface area contributed by atoms with Gasteiger partial charge in [-0.2, -0.15) is 0 Å². The zero-order valence-corrected chi connectivity index (χ0v) is 15.5. The van der Waals surface area contributed by atoms with Crippen LogP contribution in [0.1, 0.15) is 18.4 Å². The number of nitrogens with one attached hydrogen (secondary N) is 1. The summed E-state index contributed by atoms with van der Waals surface area (Å²) in [7, 11) is 1.62. The van der Waals surface area contributed by atoms with Crippen LogP contribution in [0.25, 0.3) is 0 Å². The second-order valence-electron chi connectivity index (χ2n) is 6.21. The highest BCUT2D eigenvalue weighted by Gasteiger charge is 2.11. The van der Waals surface area contributed by atoms with E-state index in [1.54, 1.807) is 7.11 Å². The van der Waals surface area contributed by atoms with Crippen molar-refractivity contribution in [3.63, 3.8) is 0 Å². The zero-order valence-electron chi connectivity index (χ0n) is 15.5. The monoisotopic (exact) mass is 371 g/mol. The van der Waals surface area contributed by atoms with Crippen LogP contribution in [0.3, 0.4) is 0 Å². The summed E-state index contributed by atoms with van der Waals surface area (Å²) in [6, 6.07) is 13.3. The molecular weight excluding hydrogens is 346 g/mol. The third-order valence-electron chi connectivity index (χ3n) is 4.21. The Kier molecular flexibility index (Phi) is 6.79. The molecule has 0 unspecified atom stereocenters. The highest BCUT2D eigenvalue weighted by molar-refractivity contribution is 5.75. The number of carbonyl (C=O) groups excluding carboxylic acids is 1. The Balaban J connectivity index is 1.31. The van der Waals surface area contributed by atoms with Crippen LogP contribution < -0.4 is 24.3 Å². The van der Waals surface area contributed by atoms with Crippen molar-refractivity contribution in [2.24, 2.45) is 0 Å². The Morgan fingerprint density at radius 3 is 2.74 bits per heavy atom. The molecule has 1 aliphatic rings. The van der Waals surface area contributed by atoms with Crippen LogP contribution in [0, 0.1) is 0 Å². The molecule has 0 radical (unpaired) electrons. The molecule has 0 atom stereocenters. The van der Waals surface area contributed by atoms with Crippen molar-refractivity contribution < 1.29 is 23.7 Å². The normalized spacial score (nSPS) is 12.3. The molecule has 0 bridgehead atoms. The fourth-order valence-corrected chi connectivity index (χ4v) is 2.84. The lowest BCUT2D eigenvalue weighted by atomic mass is 10.1. The van der Waals surface area contributed by atoms with E-state index < -0.39 is 0 Å². The van der Waals surface area contributed by atoms with E-state index in [9.17, 15) is 4.79 Å². The van der Waals surface area contributed by atoms with Crippen LogP contribution in [0.15, 0.2) is 42.5 Å². The quantitative estimate of drug-likeness (QED) is 0.687. The molecule has 0 fully saturated rings. The zero-order chi connectivity index (χ0) is 18.9. The van der Waals surface area contributed by atoms with E-state index in [1.807, 2.05) is 42.5 Å². The Bertz CT molecular complexity index is 762. The molecule has 1 N–H and O–H groups in total. The molecule has 0 saturated heterocycles. The van der Waals surface area contributed by atoms with Crippen LogP contribution >= 0.6 is 0 Å². The summed E-state index contributed by atoms with van der Waals surface area (Å²) in [5, 5.41) is 2.88. The maximum atomic E-state index is 11.9. The predicted molar refractivity (Wildman–Crippen MR) is 102 cm³/mol. The van der Waals surface area contributed by atoms with Crippen LogP contribution in [-0.2, 0) is 11.2 Å². The summed E-state index contributed by atoms with van der Waals surface area (Å²) in [6.45, 7) is 2.06. The molecule has 144 valence electrons. The van der Waals surface area contributed by atoms with Gasteiger partial charge in [0.25, 0.3) is 0 Å². The molecule has 2 aromatic rings. The summed E-state index contributed by atoms with van der Waals surface area (Å²) in [6.07, 6.45) is 2.08. The molecular formula is C21H25NO5. The average molecular weight is 371 g/mol. The first kappa shape index (κ1) is 18.9. The minimum Gasteiger partial charge on any atom is -0.497 e. The maximum absolute atomic E-state index is 11.9. The molecule has 27 heavy (non-hydrogen) atoms. The fraction of sp³-hybridized carbons (Fsp3) is 0.381. The topological polar surface area (TPSA) is 66.0 Å². The highest BCUT2D eigenvalue weighted by atomic mass is 16.6. The molecule has 6 nitrogen and oxygen atoms in total. The highest BCUT2D eigenvalue weighted by Crippen LogP contribution is 2.31. The summed E-state index contributed by atoms with van der Waals surface area (Å²) in [4.78, 5) is 11.9. The Morgan fingerprint density at radius 2 is 1.89 bits per heavy atom. The number of fused-ring (bicyclic) bond motifs is 1. The summed E-state index contributed by atoms with van der Waals surface area (Å²) >= 11 is 0. The van der Waals surface area contributed by atoms with E-state index in [0.29, 0.717) is 32.8 Å². The van der Waals surface area contributed by atoms with Gasteiger partial charge in [0.15, 0.2) is 11.5 Å². The van der Waals surface area contributed by atoms with Gasteiger partial charge in [0.1, 0.15) is 31.3 Å². The smallest absolute Gasteiger partial charge is 0.220 e. The van der Waals surface area contributed by atoms with Crippen LogP contribution in [0.5, 0.6) is 23.0 Å². The van der Waals surface area contributed by atoms with Gasteiger partial charge in [-0.05, 0) is 42.7 Å². The molecule has 1 aliphatic heterocycles. The molecule has 1 amide bonds. The van der Waals surface area contributed by atoms with E-state index in [1.165, 1.54) is 0 Å². The van der Waals surface area contributed by atoms with E-state index >= 15 is 0 Å². The number of aryl methyl sites for hydroxylation is 1. The van der Waals surface area contributed by atoms with E-state index in [0.717, 1.165) is 41.4 Å². The fourth-order valence-electron chi connectivity index (χ4n) is 2.84. The number of benzene rings is 2. The van der Waals surface area contributed by atoms with Gasteiger partial charge in [0.2, 0.25) is 5.91 Å². The number of hydrogen-bond donors (Lipinski definition) is 1. The van der Waals surface area contributed by atoms with Crippen LogP contribution in [0.4, 0.5) is 0 Å². The average Bonchev–Trinajstić information content (AvgIpc) is 2.71. The van der Waals surface area contributed by atoms with Gasteiger partial charge in [-0.1, -0.05) is 12.1 Å². The summed E-state index contributed by atoms with van der Waals surface area (Å²) in [5.41, 5.74) is 1.15. The van der Waals surface area contributed by atoms with Crippen LogP contribution in [-0.4, -0.2) is 39.4 Å². The summed E-state index contributed by atoms with van der Waals surface area (Å²) in [5.74, 6) is 3.08.